The van der Waals surface area contributed by atoms with Gasteiger partial charge in [-0.25, -0.2) is 0 Å². The van der Waals surface area contributed by atoms with Crippen molar-refractivity contribution in [2.24, 2.45) is 0 Å². The highest BCUT2D eigenvalue weighted by Gasteiger charge is 2.38. The first-order valence-corrected chi connectivity index (χ1v) is 15.6. The molecule has 2 aliphatic rings. The highest BCUT2D eigenvalue weighted by Crippen LogP contribution is 2.18. The van der Waals surface area contributed by atoms with Crippen LogP contribution in [0.1, 0.15) is 64.2 Å². The smallest absolute Gasteiger partial charge is 0.376 e. The standard InChI is InChI=1S/C10H23NO3Si.C10H23NO2Si/c1-12-15(13-2,14-3)9-11-10-7-5-4-6-8-10;1-12-10(13-2)14(3)11-9-7-5-4-6-8-9/h10-11H,4-9H2,1-3H3;9-11,14H,4-8H2,1-3H3. The van der Waals surface area contributed by atoms with E-state index in [1.54, 1.807) is 35.5 Å². The monoisotopic (exact) mass is 450 g/mol. The van der Waals surface area contributed by atoms with Crippen LogP contribution in [0.25, 0.3) is 0 Å². The zero-order valence-corrected chi connectivity index (χ0v) is 21.8. The average molecular weight is 451 g/mol. The van der Waals surface area contributed by atoms with Gasteiger partial charge in [0, 0.05) is 47.6 Å². The second kappa shape index (κ2) is 15.9. The Kier molecular flexibility index (Phi) is 14.9. The Morgan fingerprint density at radius 3 is 1.62 bits per heavy atom. The summed E-state index contributed by atoms with van der Waals surface area (Å²) in [7, 11) is 4.91. The van der Waals surface area contributed by atoms with E-state index >= 15 is 0 Å². The normalized spacial score (nSPS) is 20.4. The first-order chi connectivity index (χ1) is 14.0. The molecule has 0 heterocycles. The second-order valence-corrected chi connectivity index (χ2v) is 13.5. The third kappa shape index (κ3) is 10.3. The second-order valence-electron chi connectivity index (χ2n) is 8.14. The van der Waals surface area contributed by atoms with Crippen LogP contribution in [0, 0.1) is 0 Å². The SMILES string of the molecule is COC(OC)[SiH](C)NC1CCCCC1.CO[Si](CNC1CCCCC1)(OC)OC. The van der Waals surface area contributed by atoms with Gasteiger partial charge in [0.25, 0.3) is 0 Å². The van der Waals surface area contributed by atoms with Crippen molar-refractivity contribution in [1.82, 2.24) is 10.3 Å². The maximum absolute atomic E-state index is 5.36. The summed E-state index contributed by atoms with van der Waals surface area (Å²) in [5.74, 6) is 0.0110. The molecule has 2 fully saturated rings. The summed E-state index contributed by atoms with van der Waals surface area (Å²) in [6, 6.07) is 1.34. The number of hydrogen-bond donors (Lipinski definition) is 2. The first-order valence-electron chi connectivity index (χ1n) is 11.2. The van der Waals surface area contributed by atoms with Crippen molar-refractivity contribution in [1.29, 1.82) is 0 Å². The Hall–Kier alpha value is 0.154. The van der Waals surface area contributed by atoms with Crippen LogP contribution in [0.4, 0.5) is 0 Å². The van der Waals surface area contributed by atoms with Gasteiger partial charge in [-0.2, -0.15) is 0 Å². The molecule has 0 amide bonds. The number of ether oxygens (including phenoxy) is 2. The molecule has 2 rings (SSSR count). The summed E-state index contributed by atoms with van der Waals surface area (Å²) in [4.78, 5) is 3.71. The molecule has 7 nitrogen and oxygen atoms in total. The molecule has 29 heavy (non-hydrogen) atoms. The van der Waals surface area contributed by atoms with Gasteiger partial charge in [0.1, 0.15) is 0 Å². The summed E-state index contributed by atoms with van der Waals surface area (Å²) < 4.78 is 26.6. The van der Waals surface area contributed by atoms with Gasteiger partial charge >= 0.3 is 8.80 Å². The first kappa shape index (κ1) is 27.2. The summed E-state index contributed by atoms with van der Waals surface area (Å²) in [5, 5.41) is 3.50. The van der Waals surface area contributed by atoms with Gasteiger partial charge in [0.05, 0.1) is 6.17 Å². The highest BCUT2D eigenvalue weighted by atomic mass is 28.4. The van der Waals surface area contributed by atoms with Crippen LogP contribution in [0.2, 0.25) is 6.55 Å². The molecule has 0 saturated heterocycles. The van der Waals surface area contributed by atoms with Gasteiger partial charge in [0.15, 0.2) is 14.9 Å². The van der Waals surface area contributed by atoms with E-state index in [2.05, 4.69) is 16.8 Å². The lowest BCUT2D eigenvalue weighted by atomic mass is 9.96. The van der Waals surface area contributed by atoms with Gasteiger partial charge in [-0.1, -0.05) is 45.1 Å². The fourth-order valence-electron chi connectivity index (χ4n) is 4.27. The van der Waals surface area contributed by atoms with E-state index in [1.165, 1.54) is 64.2 Å². The van der Waals surface area contributed by atoms with E-state index < -0.39 is 17.8 Å². The topological polar surface area (TPSA) is 70.2 Å². The number of hydrogen-bond acceptors (Lipinski definition) is 7. The van der Waals surface area contributed by atoms with Crippen molar-refractivity contribution in [3.05, 3.63) is 0 Å². The molecule has 0 aliphatic heterocycles. The van der Waals surface area contributed by atoms with Gasteiger partial charge in [0.2, 0.25) is 0 Å². The van der Waals surface area contributed by atoms with Crippen LogP contribution in [-0.2, 0) is 22.8 Å². The molecule has 0 radical (unpaired) electrons. The predicted molar refractivity (Wildman–Crippen MR) is 122 cm³/mol. The predicted octanol–water partition coefficient (Wildman–Crippen LogP) is 2.75. The number of nitrogens with one attached hydrogen (secondary N) is 2. The average Bonchev–Trinajstić information content (AvgIpc) is 2.78. The van der Waals surface area contributed by atoms with Gasteiger partial charge < -0.3 is 33.1 Å². The van der Waals surface area contributed by atoms with Crippen LogP contribution in [0.15, 0.2) is 0 Å². The van der Waals surface area contributed by atoms with Gasteiger partial charge in [-0.3, -0.25) is 0 Å². The molecule has 1 atom stereocenters. The molecule has 0 aromatic heterocycles. The van der Waals surface area contributed by atoms with Crippen molar-refractivity contribution >= 4 is 17.8 Å². The van der Waals surface area contributed by atoms with E-state index in [9.17, 15) is 0 Å². The molecule has 174 valence electrons. The van der Waals surface area contributed by atoms with Gasteiger partial charge in [-0.15, -0.1) is 0 Å². The Bertz CT molecular complexity index is 381. The Labute approximate surface area is 181 Å². The van der Waals surface area contributed by atoms with Crippen LogP contribution in [0.3, 0.4) is 0 Å². The Balaban J connectivity index is 0.000000291. The molecule has 2 aliphatic carbocycles. The minimum atomic E-state index is -2.41. The molecular weight excluding hydrogens is 404 g/mol. The largest absolute Gasteiger partial charge is 0.514 e. The van der Waals surface area contributed by atoms with E-state index in [4.69, 9.17) is 22.8 Å². The summed E-state index contributed by atoms with van der Waals surface area (Å²) in [5.41, 5.74) is 0. The van der Waals surface area contributed by atoms with Crippen LogP contribution < -0.4 is 10.3 Å². The number of methoxy groups -OCH3 is 2. The van der Waals surface area contributed by atoms with Crippen molar-refractivity contribution in [2.75, 3.05) is 41.7 Å². The molecule has 9 heteroatoms. The van der Waals surface area contributed by atoms with Gasteiger partial charge in [-0.05, 0) is 25.7 Å². The fraction of sp³-hybridized carbons (Fsp3) is 1.00. The third-order valence-electron chi connectivity index (χ3n) is 6.12. The molecule has 2 N–H and O–H groups in total. The quantitative estimate of drug-likeness (QED) is 0.370. The Morgan fingerprint density at radius 1 is 0.759 bits per heavy atom. The van der Waals surface area contributed by atoms with E-state index in [0.717, 1.165) is 6.04 Å². The summed E-state index contributed by atoms with van der Waals surface area (Å²) >= 11 is 0. The molecule has 0 aromatic rings. The summed E-state index contributed by atoms with van der Waals surface area (Å²) in [6.45, 7) is 2.26. The maximum atomic E-state index is 5.36. The fourth-order valence-corrected chi connectivity index (χ4v) is 7.79. The highest BCUT2D eigenvalue weighted by molar-refractivity contribution is 6.60. The van der Waals surface area contributed by atoms with E-state index in [-0.39, 0.29) is 5.91 Å². The lowest BCUT2D eigenvalue weighted by Crippen LogP contribution is -2.54. The molecule has 1 unspecified atom stereocenters. The molecule has 0 aromatic carbocycles. The van der Waals surface area contributed by atoms with Crippen molar-refractivity contribution < 1.29 is 22.8 Å². The van der Waals surface area contributed by atoms with Crippen LogP contribution in [0.5, 0.6) is 0 Å². The summed E-state index contributed by atoms with van der Waals surface area (Å²) in [6.07, 6.45) is 14.1. The minimum absolute atomic E-state index is 0.0110. The Morgan fingerprint density at radius 2 is 1.21 bits per heavy atom. The number of rotatable bonds is 11. The zero-order valence-electron chi connectivity index (χ0n) is 19.6. The minimum Gasteiger partial charge on any atom is -0.376 e. The van der Waals surface area contributed by atoms with Crippen molar-refractivity contribution in [3.63, 3.8) is 0 Å². The molecular formula is C20H46N2O5Si2. The molecule has 0 bridgehead atoms. The van der Waals surface area contributed by atoms with E-state index in [0.29, 0.717) is 12.2 Å². The zero-order chi connectivity index (χ0) is 21.5. The van der Waals surface area contributed by atoms with E-state index in [1.807, 2.05) is 0 Å². The van der Waals surface area contributed by atoms with Crippen molar-refractivity contribution in [3.8, 4) is 0 Å². The van der Waals surface area contributed by atoms with Crippen LogP contribution >= 0.6 is 0 Å². The lowest BCUT2D eigenvalue weighted by molar-refractivity contribution is -0.0483. The maximum Gasteiger partial charge on any atom is 0.514 e. The lowest BCUT2D eigenvalue weighted by Gasteiger charge is -2.29. The molecule has 0 spiro atoms. The third-order valence-corrected chi connectivity index (χ3v) is 11.0. The van der Waals surface area contributed by atoms with Crippen molar-refractivity contribution in [2.45, 2.75) is 88.8 Å². The molecule has 2 saturated carbocycles. The van der Waals surface area contributed by atoms with Crippen LogP contribution in [-0.4, -0.2) is 77.5 Å².